The lowest BCUT2D eigenvalue weighted by molar-refractivity contribution is -0.112. The third-order valence-corrected chi connectivity index (χ3v) is 2.77. The molecule has 0 aromatic heterocycles. The lowest BCUT2D eigenvalue weighted by Crippen LogP contribution is -2.02. The van der Waals surface area contributed by atoms with E-state index in [4.69, 9.17) is 0 Å². The zero-order valence-corrected chi connectivity index (χ0v) is 8.38. The van der Waals surface area contributed by atoms with E-state index in [-0.39, 0.29) is 11.0 Å². The number of hydrogen-bond donors (Lipinski definition) is 0. The van der Waals surface area contributed by atoms with Crippen molar-refractivity contribution in [2.24, 2.45) is 5.92 Å². The van der Waals surface area contributed by atoms with Gasteiger partial charge in [-0.15, -0.1) is 6.58 Å². The lowest BCUT2D eigenvalue weighted by atomic mass is 10.2. The van der Waals surface area contributed by atoms with Gasteiger partial charge < -0.3 is 0 Å². The topological polar surface area (TPSA) is 17.1 Å². The fourth-order valence-corrected chi connectivity index (χ4v) is 1.60. The van der Waals surface area contributed by atoms with Crippen molar-refractivity contribution in [3.8, 4) is 0 Å². The largest absolute Gasteiger partial charge is 0.286 e. The molecule has 0 amide bonds. The molecule has 0 aliphatic rings. The summed E-state index contributed by atoms with van der Waals surface area (Å²) in [7, 11) is 0. The van der Waals surface area contributed by atoms with Crippen molar-refractivity contribution in [1.82, 2.24) is 0 Å². The van der Waals surface area contributed by atoms with Gasteiger partial charge in [0.15, 0.2) is 5.12 Å². The smallest absolute Gasteiger partial charge is 0.200 e. The summed E-state index contributed by atoms with van der Waals surface area (Å²) >= 11 is 1.27. The lowest BCUT2D eigenvalue weighted by Gasteiger charge is -2.03. The molecule has 2 heteroatoms. The maximum absolute atomic E-state index is 11.4. The SMILES string of the molecule is C=CC(C)C(=O)Sc1ccccc1. The fourth-order valence-electron chi connectivity index (χ4n) is 0.794. The van der Waals surface area contributed by atoms with Gasteiger partial charge in [0.05, 0.1) is 0 Å². The highest BCUT2D eigenvalue weighted by molar-refractivity contribution is 8.13. The third kappa shape index (κ3) is 3.07. The van der Waals surface area contributed by atoms with Crippen molar-refractivity contribution >= 4 is 16.9 Å². The van der Waals surface area contributed by atoms with E-state index in [0.29, 0.717) is 0 Å². The highest BCUT2D eigenvalue weighted by Crippen LogP contribution is 2.21. The number of allylic oxidation sites excluding steroid dienone is 1. The van der Waals surface area contributed by atoms with Crippen LogP contribution in [0.5, 0.6) is 0 Å². The first-order valence-corrected chi connectivity index (χ1v) is 4.95. The minimum absolute atomic E-state index is 0.0785. The van der Waals surface area contributed by atoms with Gasteiger partial charge >= 0.3 is 0 Å². The second-order valence-electron chi connectivity index (χ2n) is 2.76. The molecule has 0 saturated heterocycles. The second kappa shape index (κ2) is 4.87. The Balaban J connectivity index is 2.60. The Labute approximate surface area is 82.9 Å². The van der Waals surface area contributed by atoms with Crippen LogP contribution in [0.1, 0.15) is 6.92 Å². The first-order chi connectivity index (χ1) is 6.24. The second-order valence-corrected chi connectivity index (χ2v) is 3.84. The zero-order chi connectivity index (χ0) is 9.68. The van der Waals surface area contributed by atoms with Crippen LogP contribution in [0.2, 0.25) is 0 Å². The summed E-state index contributed by atoms with van der Waals surface area (Å²) < 4.78 is 0. The van der Waals surface area contributed by atoms with Crippen molar-refractivity contribution in [2.75, 3.05) is 0 Å². The standard InChI is InChI=1S/C11H12OS/c1-3-9(2)11(12)13-10-7-5-4-6-8-10/h3-9H,1H2,2H3. The third-order valence-electron chi connectivity index (χ3n) is 1.69. The van der Waals surface area contributed by atoms with Crippen molar-refractivity contribution < 1.29 is 4.79 Å². The quantitative estimate of drug-likeness (QED) is 0.540. The van der Waals surface area contributed by atoms with Crippen LogP contribution in [-0.4, -0.2) is 5.12 Å². The van der Waals surface area contributed by atoms with Crippen LogP contribution < -0.4 is 0 Å². The van der Waals surface area contributed by atoms with E-state index < -0.39 is 0 Å². The van der Waals surface area contributed by atoms with Gasteiger partial charge in [0.1, 0.15) is 0 Å². The fraction of sp³-hybridized carbons (Fsp3) is 0.182. The molecule has 1 rings (SSSR count). The highest BCUT2D eigenvalue weighted by atomic mass is 32.2. The maximum atomic E-state index is 11.4. The molecule has 1 nitrogen and oxygen atoms in total. The molecule has 68 valence electrons. The number of hydrogen-bond acceptors (Lipinski definition) is 2. The molecule has 0 fully saturated rings. The summed E-state index contributed by atoms with van der Waals surface area (Å²) in [6.07, 6.45) is 1.66. The minimum atomic E-state index is -0.0785. The van der Waals surface area contributed by atoms with Gasteiger partial charge in [0.2, 0.25) is 0 Å². The van der Waals surface area contributed by atoms with E-state index in [0.717, 1.165) is 4.90 Å². The van der Waals surface area contributed by atoms with Crippen molar-refractivity contribution in [2.45, 2.75) is 11.8 Å². The van der Waals surface area contributed by atoms with Crippen molar-refractivity contribution in [3.05, 3.63) is 43.0 Å². The molecule has 0 saturated carbocycles. The Hall–Kier alpha value is -1.02. The predicted octanol–water partition coefficient (Wildman–Crippen LogP) is 3.13. The number of thioether (sulfide) groups is 1. The van der Waals surface area contributed by atoms with Crippen LogP contribution in [0.15, 0.2) is 47.9 Å². The van der Waals surface area contributed by atoms with E-state index >= 15 is 0 Å². The first-order valence-electron chi connectivity index (χ1n) is 4.13. The molecular weight excluding hydrogens is 180 g/mol. The van der Waals surface area contributed by atoms with Gasteiger partial charge in [-0.3, -0.25) is 4.79 Å². The number of benzene rings is 1. The van der Waals surface area contributed by atoms with E-state index in [1.807, 2.05) is 37.3 Å². The van der Waals surface area contributed by atoms with Crippen LogP contribution in [0, 0.1) is 5.92 Å². The monoisotopic (exact) mass is 192 g/mol. The van der Waals surface area contributed by atoms with E-state index in [2.05, 4.69) is 6.58 Å². The molecule has 1 unspecified atom stereocenters. The van der Waals surface area contributed by atoms with Gasteiger partial charge in [-0.05, 0) is 12.1 Å². The van der Waals surface area contributed by atoms with Crippen LogP contribution in [0.25, 0.3) is 0 Å². The molecule has 0 N–H and O–H groups in total. The highest BCUT2D eigenvalue weighted by Gasteiger charge is 2.09. The molecule has 13 heavy (non-hydrogen) atoms. The normalized spacial score (nSPS) is 12.1. The summed E-state index contributed by atoms with van der Waals surface area (Å²) in [5.74, 6) is -0.0785. The predicted molar refractivity (Wildman–Crippen MR) is 56.7 cm³/mol. The van der Waals surface area contributed by atoms with Crippen LogP contribution in [0.4, 0.5) is 0 Å². The van der Waals surface area contributed by atoms with Crippen LogP contribution in [0.3, 0.4) is 0 Å². The molecule has 1 atom stereocenters. The average molecular weight is 192 g/mol. The first kappa shape index (κ1) is 10.1. The molecular formula is C11H12OS. The van der Waals surface area contributed by atoms with Gasteiger partial charge in [-0.1, -0.05) is 43.0 Å². The van der Waals surface area contributed by atoms with E-state index in [9.17, 15) is 4.79 Å². The molecule has 0 aliphatic heterocycles. The summed E-state index contributed by atoms with van der Waals surface area (Å²) in [4.78, 5) is 12.4. The molecule has 0 aliphatic carbocycles. The number of rotatable bonds is 3. The molecule has 1 aromatic carbocycles. The van der Waals surface area contributed by atoms with Gasteiger partial charge in [-0.25, -0.2) is 0 Å². The molecule has 1 aromatic rings. The molecule has 0 bridgehead atoms. The summed E-state index contributed by atoms with van der Waals surface area (Å²) in [5, 5.41) is 0.140. The Morgan fingerprint density at radius 2 is 2.08 bits per heavy atom. The Bertz CT molecular complexity index is 292. The molecule has 0 heterocycles. The van der Waals surface area contributed by atoms with E-state index in [1.54, 1.807) is 6.08 Å². The average Bonchev–Trinajstić information content (AvgIpc) is 2.18. The Morgan fingerprint density at radius 1 is 1.46 bits per heavy atom. The zero-order valence-electron chi connectivity index (χ0n) is 7.57. The van der Waals surface area contributed by atoms with Gasteiger partial charge in [0, 0.05) is 10.8 Å². The molecule has 0 radical (unpaired) electrons. The van der Waals surface area contributed by atoms with E-state index in [1.165, 1.54) is 11.8 Å². The van der Waals surface area contributed by atoms with Crippen LogP contribution >= 0.6 is 11.8 Å². The maximum Gasteiger partial charge on any atom is 0.200 e. The summed E-state index contributed by atoms with van der Waals surface area (Å²) in [5.41, 5.74) is 0. The summed E-state index contributed by atoms with van der Waals surface area (Å²) in [6.45, 7) is 5.44. The van der Waals surface area contributed by atoms with Crippen molar-refractivity contribution in [1.29, 1.82) is 0 Å². The van der Waals surface area contributed by atoms with Crippen LogP contribution in [-0.2, 0) is 4.79 Å². The minimum Gasteiger partial charge on any atom is -0.286 e. The number of carbonyl (C=O) groups excluding carboxylic acids is 1. The van der Waals surface area contributed by atoms with Gasteiger partial charge in [0.25, 0.3) is 0 Å². The Morgan fingerprint density at radius 3 is 2.62 bits per heavy atom. The Kier molecular flexibility index (Phi) is 3.77. The summed E-state index contributed by atoms with van der Waals surface area (Å²) in [6, 6.07) is 9.64. The van der Waals surface area contributed by atoms with Crippen molar-refractivity contribution in [3.63, 3.8) is 0 Å². The van der Waals surface area contributed by atoms with Gasteiger partial charge in [-0.2, -0.15) is 0 Å². The molecule has 0 spiro atoms. The number of carbonyl (C=O) groups is 1.